The summed E-state index contributed by atoms with van der Waals surface area (Å²) in [7, 11) is 0. The van der Waals surface area contributed by atoms with Crippen LogP contribution in [0.4, 0.5) is 14.5 Å². The number of esters is 1. The molecule has 0 amide bonds. The predicted molar refractivity (Wildman–Crippen MR) is 71.3 cm³/mol. The molecule has 0 atom stereocenters. The van der Waals surface area contributed by atoms with Gasteiger partial charge in [0.15, 0.2) is 0 Å². The Bertz CT molecular complexity index is 621. The van der Waals surface area contributed by atoms with E-state index in [1.807, 2.05) is 0 Å². The van der Waals surface area contributed by atoms with Gasteiger partial charge < -0.3 is 10.5 Å². The molecule has 6 heteroatoms. The Kier molecular flexibility index (Phi) is 4.20. The number of hydrogen-bond donors (Lipinski definition) is 1. The second kappa shape index (κ2) is 5.88. The molecule has 0 fully saturated rings. The summed E-state index contributed by atoms with van der Waals surface area (Å²) in [6.07, 6.45) is 0. The van der Waals surface area contributed by atoms with Crippen LogP contribution < -0.4 is 5.73 Å². The van der Waals surface area contributed by atoms with Gasteiger partial charge in [-0.15, -0.1) is 0 Å². The van der Waals surface area contributed by atoms with E-state index in [1.54, 1.807) is 0 Å². The van der Waals surface area contributed by atoms with Gasteiger partial charge in [-0.1, -0.05) is 17.7 Å². The van der Waals surface area contributed by atoms with Gasteiger partial charge >= 0.3 is 5.97 Å². The lowest BCUT2D eigenvalue weighted by Crippen LogP contribution is -2.07. The fraction of sp³-hybridized carbons (Fsp3) is 0.0714. The number of anilines is 1. The number of ether oxygens (including phenoxy) is 1. The molecule has 0 radical (unpaired) electrons. The molecule has 0 aromatic heterocycles. The molecule has 3 nitrogen and oxygen atoms in total. The van der Waals surface area contributed by atoms with Gasteiger partial charge in [-0.25, -0.2) is 13.6 Å². The lowest BCUT2D eigenvalue weighted by Gasteiger charge is -2.08. The van der Waals surface area contributed by atoms with Gasteiger partial charge in [-0.05, 0) is 30.3 Å². The SMILES string of the molecule is Nc1cc(F)cc(C(=O)OCc2c(F)cccc2Cl)c1. The van der Waals surface area contributed by atoms with Crippen molar-refractivity contribution >= 4 is 23.3 Å². The van der Waals surface area contributed by atoms with Crippen LogP contribution in [0.5, 0.6) is 0 Å². The van der Waals surface area contributed by atoms with Crippen LogP contribution in [0.2, 0.25) is 5.02 Å². The van der Waals surface area contributed by atoms with Crippen LogP contribution >= 0.6 is 11.6 Å². The molecule has 20 heavy (non-hydrogen) atoms. The molecule has 0 bridgehead atoms. The predicted octanol–water partition coefficient (Wildman–Crippen LogP) is 3.56. The van der Waals surface area contributed by atoms with Crippen molar-refractivity contribution in [1.82, 2.24) is 0 Å². The quantitative estimate of drug-likeness (QED) is 0.696. The average molecular weight is 298 g/mol. The van der Waals surface area contributed by atoms with Crippen LogP contribution in [-0.4, -0.2) is 5.97 Å². The number of rotatable bonds is 3. The molecule has 0 saturated carbocycles. The fourth-order valence-electron chi connectivity index (χ4n) is 1.62. The van der Waals surface area contributed by atoms with E-state index in [1.165, 1.54) is 24.3 Å². The van der Waals surface area contributed by atoms with Crippen molar-refractivity contribution in [2.75, 3.05) is 5.73 Å². The Labute approximate surface area is 118 Å². The molecule has 2 N–H and O–H groups in total. The first-order chi connectivity index (χ1) is 9.47. The highest BCUT2D eigenvalue weighted by atomic mass is 35.5. The van der Waals surface area contributed by atoms with E-state index in [9.17, 15) is 13.6 Å². The maximum atomic E-state index is 13.5. The van der Waals surface area contributed by atoms with E-state index in [0.717, 1.165) is 12.1 Å². The van der Waals surface area contributed by atoms with Crippen LogP contribution in [-0.2, 0) is 11.3 Å². The van der Waals surface area contributed by atoms with Crippen molar-refractivity contribution in [3.05, 3.63) is 64.2 Å². The average Bonchev–Trinajstić information content (AvgIpc) is 2.36. The smallest absolute Gasteiger partial charge is 0.338 e. The molecule has 0 saturated heterocycles. The largest absolute Gasteiger partial charge is 0.457 e. The first-order valence-corrected chi connectivity index (χ1v) is 6.01. The molecule has 0 unspecified atom stereocenters. The third-order valence-corrected chi connectivity index (χ3v) is 2.92. The zero-order chi connectivity index (χ0) is 14.7. The van der Waals surface area contributed by atoms with Crippen molar-refractivity contribution in [3.8, 4) is 0 Å². The monoisotopic (exact) mass is 297 g/mol. The lowest BCUT2D eigenvalue weighted by atomic mass is 10.2. The van der Waals surface area contributed by atoms with E-state index >= 15 is 0 Å². The van der Waals surface area contributed by atoms with Gasteiger partial charge in [-0.3, -0.25) is 0 Å². The second-order valence-corrected chi connectivity index (χ2v) is 4.46. The Balaban J connectivity index is 2.13. The van der Waals surface area contributed by atoms with Crippen molar-refractivity contribution in [2.24, 2.45) is 0 Å². The highest BCUT2D eigenvalue weighted by molar-refractivity contribution is 6.31. The molecule has 2 rings (SSSR count). The number of hydrogen-bond acceptors (Lipinski definition) is 3. The first kappa shape index (κ1) is 14.3. The highest BCUT2D eigenvalue weighted by Crippen LogP contribution is 2.20. The molecule has 0 heterocycles. The number of nitrogens with two attached hydrogens (primary N) is 1. The van der Waals surface area contributed by atoms with Crippen LogP contribution in [0.15, 0.2) is 36.4 Å². The number of benzene rings is 2. The van der Waals surface area contributed by atoms with Crippen molar-refractivity contribution in [2.45, 2.75) is 6.61 Å². The molecule has 0 aliphatic heterocycles. The zero-order valence-corrected chi connectivity index (χ0v) is 11.0. The van der Waals surface area contributed by atoms with Crippen LogP contribution in [0.1, 0.15) is 15.9 Å². The van der Waals surface area contributed by atoms with E-state index in [2.05, 4.69) is 0 Å². The van der Waals surface area contributed by atoms with Gasteiger partial charge in [0.2, 0.25) is 0 Å². The third kappa shape index (κ3) is 3.24. The standard InChI is InChI=1S/C14H10ClF2NO2/c15-12-2-1-3-13(17)11(12)7-20-14(19)8-4-9(16)6-10(18)5-8/h1-6H,7,18H2. The van der Waals surface area contributed by atoms with Crippen LogP contribution in [0, 0.1) is 11.6 Å². The Morgan fingerprint density at radius 1 is 1.25 bits per heavy atom. The minimum absolute atomic E-state index is 0.0463. The number of nitrogen functional groups attached to an aromatic ring is 1. The van der Waals surface area contributed by atoms with E-state index in [4.69, 9.17) is 22.1 Å². The summed E-state index contributed by atoms with van der Waals surface area (Å²) in [6, 6.07) is 7.46. The maximum absolute atomic E-state index is 13.5. The molecule has 0 aliphatic carbocycles. The Morgan fingerprint density at radius 2 is 2.00 bits per heavy atom. The maximum Gasteiger partial charge on any atom is 0.338 e. The van der Waals surface area contributed by atoms with Gasteiger partial charge in [0.05, 0.1) is 10.6 Å². The zero-order valence-electron chi connectivity index (χ0n) is 10.2. The summed E-state index contributed by atoms with van der Waals surface area (Å²) in [5, 5.41) is 0.150. The van der Waals surface area contributed by atoms with E-state index in [0.29, 0.717) is 0 Å². The minimum atomic E-state index is -0.810. The lowest BCUT2D eigenvalue weighted by molar-refractivity contribution is 0.0468. The topological polar surface area (TPSA) is 52.3 Å². The summed E-state index contributed by atoms with van der Waals surface area (Å²) >= 11 is 5.80. The summed E-state index contributed by atoms with van der Waals surface area (Å²) in [5.74, 6) is -2.04. The summed E-state index contributed by atoms with van der Waals surface area (Å²) in [4.78, 5) is 11.7. The van der Waals surface area contributed by atoms with Crippen molar-refractivity contribution in [1.29, 1.82) is 0 Å². The summed E-state index contributed by atoms with van der Waals surface area (Å²) in [5.41, 5.74) is 5.54. The molecular weight excluding hydrogens is 288 g/mol. The van der Waals surface area contributed by atoms with E-state index < -0.39 is 17.6 Å². The minimum Gasteiger partial charge on any atom is -0.457 e. The summed E-state index contributed by atoms with van der Waals surface area (Å²) in [6.45, 7) is -0.346. The fourth-order valence-corrected chi connectivity index (χ4v) is 1.84. The van der Waals surface area contributed by atoms with Crippen LogP contribution in [0.25, 0.3) is 0 Å². The van der Waals surface area contributed by atoms with Gasteiger partial charge in [0.1, 0.15) is 18.2 Å². The van der Waals surface area contributed by atoms with Gasteiger partial charge in [-0.2, -0.15) is 0 Å². The van der Waals surface area contributed by atoms with E-state index in [-0.39, 0.29) is 28.4 Å². The number of carbonyl (C=O) groups is 1. The third-order valence-electron chi connectivity index (χ3n) is 2.57. The number of carbonyl (C=O) groups excluding carboxylic acids is 1. The Morgan fingerprint density at radius 3 is 2.65 bits per heavy atom. The highest BCUT2D eigenvalue weighted by Gasteiger charge is 2.13. The molecule has 0 spiro atoms. The molecule has 2 aromatic rings. The summed E-state index contributed by atoms with van der Waals surface area (Å²) < 4.78 is 31.5. The van der Waals surface area contributed by atoms with Crippen LogP contribution in [0.3, 0.4) is 0 Å². The van der Waals surface area contributed by atoms with Crippen molar-refractivity contribution < 1.29 is 18.3 Å². The normalized spacial score (nSPS) is 10.3. The molecule has 0 aliphatic rings. The molecular formula is C14H10ClF2NO2. The first-order valence-electron chi connectivity index (χ1n) is 5.63. The second-order valence-electron chi connectivity index (χ2n) is 4.05. The van der Waals surface area contributed by atoms with Gasteiger partial charge in [0, 0.05) is 11.3 Å². The molecule has 104 valence electrons. The van der Waals surface area contributed by atoms with Gasteiger partial charge in [0.25, 0.3) is 0 Å². The number of halogens is 3. The Hall–Kier alpha value is -2.14. The van der Waals surface area contributed by atoms with Crippen molar-refractivity contribution in [3.63, 3.8) is 0 Å². The molecule has 2 aromatic carbocycles.